The van der Waals surface area contributed by atoms with Crippen molar-refractivity contribution in [2.24, 2.45) is 0 Å². The molecule has 0 aromatic carbocycles. The van der Waals surface area contributed by atoms with E-state index in [9.17, 15) is 4.79 Å². The van der Waals surface area contributed by atoms with Crippen LogP contribution in [0.25, 0.3) is 0 Å². The lowest BCUT2D eigenvalue weighted by atomic mass is 10.4. The molecule has 1 aliphatic carbocycles. The zero-order chi connectivity index (χ0) is 9.26. The number of carbonyl (C=O) groups excluding carboxylic acids is 1. The number of aromatic nitrogens is 3. The highest BCUT2D eigenvalue weighted by molar-refractivity contribution is 5.86. The van der Waals surface area contributed by atoms with Gasteiger partial charge in [-0.2, -0.15) is 0 Å². The number of methoxy groups -OCH3 is 1. The molecule has 1 aliphatic rings. The van der Waals surface area contributed by atoms with Crippen molar-refractivity contribution in [3.63, 3.8) is 0 Å². The second-order valence-electron chi connectivity index (χ2n) is 2.97. The van der Waals surface area contributed by atoms with Gasteiger partial charge in [0.05, 0.1) is 13.3 Å². The molecule has 1 aromatic heterocycles. The minimum atomic E-state index is -0.498. The molecule has 68 valence electrons. The van der Waals surface area contributed by atoms with Gasteiger partial charge < -0.3 is 4.74 Å². The molecule has 0 bridgehead atoms. The van der Waals surface area contributed by atoms with E-state index >= 15 is 0 Å². The largest absolute Gasteiger partial charge is 0.464 e. The van der Waals surface area contributed by atoms with Gasteiger partial charge in [0.2, 0.25) is 0 Å². The molecule has 2 rings (SSSR count). The molecule has 0 N–H and O–H groups in total. The fourth-order valence-corrected chi connectivity index (χ4v) is 1.01. The molecule has 0 amide bonds. The van der Waals surface area contributed by atoms with E-state index in [0.29, 0.717) is 5.92 Å². The molecule has 0 unspecified atom stereocenters. The normalized spacial score (nSPS) is 15.5. The molecule has 0 spiro atoms. The molecule has 1 saturated carbocycles. The second kappa shape index (κ2) is 3.08. The third-order valence-corrected chi connectivity index (χ3v) is 1.92. The first-order valence-corrected chi connectivity index (χ1v) is 4.09. The maximum absolute atomic E-state index is 10.9. The van der Waals surface area contributed by atoms with Gasteiger partial charge in [-0.3, -0.25) is 0 Å². The van der Waals surface area contributed by atoms with E-state index in [2.05, 4.69) is 19.9 Å². The topological polar surface area (TPSA) is 65.0 Å². The summed E-state index contributed by atoms with van der Waals surface area (Å²) in [4.78, 5) is 15.0. The van der Waals surface area contributed by atoms with Crippen LogP contribution in [-0.4, -0.2) is 28.3 Å². The van der Waals surface area contributed by atoms with Crippen LogP contribution in [0.3, 0.4) is 0 Å². The van der Waals surface area contributed by atoms with Crippen molar-refractivity contribution in [3.05, 3.63) is 17.7 Å². The Balaban J connectivity index is 2.17. The second-order valence-corrected chi connectivity index (χ2v) is 2.97. The summed E-state index contributed by atoms with van der Waals surface area (Å²) in [5, 5.41) is 7.57. The third kappa shape index (κ3) is 1.63. The molecule has 0 radical (unpaired) electrons. The fraction of sp³-hybridized carbons (Fsp3) is 0.500. The third-order valence-electron chi connectivity index (χ3n) is 1.92. The quantitative estimate of drug-likeness (QED) is 0.620. The summed E-state index contributed by atoms with van der Waals surface area (Å²) in [6, 6.07) is 0. The van der Waals surface area contributed by atoms with Gasteiger partial charge in [0, 0.05) is 5.92 Å². The number of ether oxygens (including phenoxy) is 1. The van der Waals surface area contributed by atoms with Crippen molar-refractivity contribution in [3.8, 4) is 0 Å². The molecule has 1 fully saturated rings. The van der Waals surface area contributed by atoms with Crippen LogP contribution in [0.15, 0.2) is 6.20 Å². The Hall–Kier alpha value is -1.52. The number of rotatable bonds is 2. The van der Waals surface area contributed by atoms with E-state index in [0.717, 1.165) is 18.7 Å². The summed E-state index contributed by atoms with van der Waals surface area (Å²) >= 11 is 0. The predicted molar refractivity (Wildman–Crippen MR) is 43.1 cm³/mol. The summed E-state index contributed by atoms with van der Waals surface area (Å²) in [5.41, 5.74) is 0.159. The summed E-state index contributed by atoms with van der Waals surface area (Å²) in [6.07, 6.45) is 3.66. The Kier molecular flexibility index (Phi) is 1.92. The Morgan fingerprint density at radius 2 is 2.31 bits per heavy atom. The monoisotopic (exact) mass is 179 g/mol. The maximum Gasteiger partial charge on any atom is 0.360 e. The van der Waals surface area contributed by atoms with Crippen molar-refractivity contribution < 1.29 is 9.53 Å². The van der Waals surface area contributed by atoms with Gasteiger partial charge in [0.1, 0.15) is 0 Å². The highest BCUT2D eigenvalue weighted by Crippen LogP contribution is 2.37. The van der Waals surface area contributed by atoms with Crippen molar-refractivity contribution in [2.75, 3.05) is 7.11 Å². The van der Waals surface area contributed by atoms with Gasteiger partial charge in [0.15, 0.2) is 11.5 Å². The number of esters is 1. The fourth-order valence-electron chi connectivity index (χ4n) is 1.01. The average molecular weight is 179 g/mol. The number of hydrogen-bond donors (Lipinski definition) is 0. The highest BCUT2D eigenvalue weighted by atomic mass is 16.5. The first-order valence-electron chi connectivity index (χ1n) is 4.09. The van der Waals surface area contributed by atoms with Crippen LogP contribution in [0, 0.1) is 0 Å². The number of carbonyl (C=O) groups is 1. The van der Waals surface area contributed by atoms with Gasteiger partial charge in [0.25, 0.3) is 0 Å². The van der Waals surface area contributed by atoms with E-state index in [1.54, 1.807) is 0 Å². The van der Waals surface area contributed by atoms with Crippen LogP contribution in [0.4, 0.5) is 0 Å². The van der Waals surface area contributed by atoms with Crippen molar-refractivity contribution >= 4 is 5.97 Å². The lowest BCUT2D eigenvalue weighted by molar-refractivity contribution is 0.0592. The Morgan fingerprint density at radius 1 is 1.54 bits per heavy atom. The molecule has 1 heterocycles. The van der Waals surface area contributed by atoms with Crippen LogP contribution >= 0.6 is 0 Å². The predicted octanol–water partition coefficient (Wildman–Crippen LogP) is 0.536. The number of hydrogen-bond acceptors (Lipinski definition) is 5. The molecule has 5 nitrogen and oxygen atoms in total. The van der Waals surface area contributed by atoms with Crippen LogP contribution in [0.5, 0.6) is 0 Å². The molecule has 1 aromatic rings. The Bertz CT molecular complexity index is 319. The van der Waals surface area contributed by atoms with Crippen molar-refractivity contribution in [1.82, 2.24) is 15.2 Å². The van der Waals surface area contributed by atoms with Gasteiger partial charge in [-0.25, -0.2) is 9.78 Å². The van der Waals surface area contributed by atoms with E-state index in [4.69, 9.17) is 0 Å². The van der Waals surface area contributed by atoms with Gasteiger partial charge in [-0.05, 0) is 12.8 Å². The van der Waals surface area contributed by atoms with Gasteiger partial charge >= 0.3 is 5.97 Å². The molecule has 0 saturated heterocycles. The van der Waals surface area contributed by atoms with Crippen LogP contribution in [-0.2, 0) is 4.74 Å². The van der Waals surface area contributed by atoms with E-state index < -0.39 is 5.97 Å². The Labute approximate surface area is 75.2 Å². The number of nitrogens with zero attached hydrogens (tertiary/aromatic N) is 3. The first-order chi connectivity index (χ1) is 6.31. The maximum atomic E-state index is 10.9. The molecule has 13 heavy (non-hydrogen) atoms. The molecular weight excluding hydrogens is 170 g/mol. The van der Waals surface area contributed by atoms with E-state index in [-0.39, 0.29) is 5.69 Å². The summed E-state index contributed by atoms with van der Waals surface area (Å²) in [7, 11) is 1.30. The van der Waals surface area contributed by atoms with Gasteiger partial charge in [-0.1, -0.05) is 0 Å². The zero-order valence-corrected chi connectivity index (χ0v) is 7.23. The minimum Gasteiger partial charge on any atom is -0.464 e. The molecular formula is C8H9N3O2. The average Bonchev–Trinajstić information content (AvgIpc) is 3.00. The summed E-state index contributed by atoms with van der Waals surface area (Å²) in [6.45, 7) is 0. The van der Waals surface area contributed by atoms with Crippen molar-refractivity contribution in [2.45, 2.75) is 18.8 Å². The van der Waals surface area contributed by atoms with Crippen LogP contribution < -0.4 is 0 Å². The van der Waals surface area contributed by atoms with E-state index in [1.807, 2.05) is 0 Å². The molecule has 5 heteroatoms. The standard InChI is InChI=1S/C8H9N3O2/c1-13-8(12)6-4-9-7(11-10-6)5-2-3-5/h4-5H,2-3H2,1H3. The lowest BCUT2D eigenvalue weighted by Crippen LogP contribution is -2.08. The van der Waals surface area contributed by atoms with Crippen LogP contribution in [0.1, 0.15) is 35.1 Å². The van der Waals surface area contributed by atoms with Crippen LogP contribution in [0.2, 0.25) is 0 Å². The lowest BCUT2D eigenvalue weighted by Gasteiger charge is -1.97. The zero-order valence-electron chi connectivity index (χ0n) is 7.23. The molecule has 0 aliphatic heterocycles. The SMILES string of the molecule is COC(=O)c1cnc(C2CC2)nn1. The highest BCUT2D eigenvalue weighted by Gasteiger charge is 2.27. The first kappa shape index (κ1) is 8.10. The van der Waals surface area contributed by atoms with E-state index in [1.165, 1.54) is 13.3 Å². The molecule has 0 atom stereocenters. The van der Waals surface area contributed by atoms with Gasteiger partial charge in [-0.15, -0.1) is 10.2 Å². The summed E-state index contributed by atoms with van der Waals surface area (Å²) < 4.78 is 4.47. The Morgan fingerprint density at radius 3 is 2.77 bits per heavy atom. The summed E-state index contributed by atoms with van der Waals surface area (Å²) in [5.74, 6) is 0.689. The van der Waals surface area contributed by atoms with Crippen molar-refractivity contribution in [1.29, 1.82) is 0 Å². The smallest absolute Gasteiger partial charge is 0.360 e. The minimum absolute atomic E-state index is 0.159.